The van der Waals surface area contributed by atoms with Gasteiger partial charge in [-0.2, -0.15) is 0 Å². The molecule has 0 rings (SSSR count). The molecular formula is C13H33N2O7PSi2. The molecule has 9 nitrogen and oxygen atoms in total. The third kappa shape index (κ3) is 13.2. The molecule has 0 saturated carbocycles. The van der Waals surface area contributed by atoms with Gasteiger partial charge in [0.2, 0.25) is 9.76 Å². The van der Waals surface area contributed by atoms with Gasteiger partial charge in [0.05, 0.1) is 27.7 Å². The molecule has 0 bridgehead atoms. The van der Waals surface area contributed by atoms with Crippen molar-refractivity contribution in [2.45, 2.75) is 19.0 Å². The first-order valence-corrected chi connectivity index (χ1v) is 13.0. The van der Waals surface area contributed by atoms with E-state index in [0.29, 0.717) is 39.9 Å². The van der Waals surface area contributed by atoms with E-state index in [1.54, 1.807) is 14.2 Å². The SMILES string of the molecule is CO[Si](CCCNCCOP(=O)([O-])OCC[N+](C)(C)C)(OC)O[Si]C. The van der Waals surface area contributed by atoms with Gasteiger partial charge < -0.3 is 36.7 Å². The Kier molecular flexibility index (Phi) is 12.9. The van der Waals surface area contributed by atoms with Gasteiger partial charge >= 0.3 is 8.80 Å². The quantitative estimate of drug-likeness (QED) is 0.164. The van der Waals surface area contributed by atoms with E-state index >= 15 is 0 Å². The summed E-state index contributed by atoms with van der Waals surface area (Å²) in [6, 6.07) is 0.697. The number of phosphoric acid groups is 1. The van der Waals surface area contributed by atoms with Gasteiger partial charge in [0, 0.05) is 26.8 Å². The Morgan fingerprint density at radius 3 is 2.24 bits per heavy atom. The third-order valence-electron chi connectivity index (χ3n) is 3.26. The van der Waals surface area contributed by atoms with Crippen molar-refractivity contribution in [1.82, 2.24) is 5.32 Å². The zero-order valence-corrected chi connectivity index (χ0v) is 19.1. The first-order valence-electron chi connectivity index (χ1n) is 8.16. The Labute approximate surface area is 155 Å². The summed E-state index contributed by atoms with van der Waals surface area (Å²) in [6.45, 7) is 3.76. The maximum Gasteiger partial charge on any atom is 0.489 e. The number of nitrogens with one attached hydrogen (secondary N) is 1. The molecule has 1 unspecified atom stereocenters. The number of nitrogens with zero attached hydrogens (tertiary/aromatic N) is 1. The Morgan fingerprint density at radius 1 is 1.12 bits per heavy atom. The van der Waals surface area contributed by atoms with Crippen LogP contribution in [0.5, 0.6) is 0 Å². The molecule has 0 aliphatic heterocycles. The molecule has 0 heterocycles. The van der Waals surface area contributed by atoms with E-state index < -0.39 is 16.6 Å². The molecule has 0 aromatic rings. The molecule has 0 aromatic heterocycles. The smallest absolute Gasteiger partial charge is 0.489 e. The van der Waals surface area contributed by atoms with Gasteiger partial charge in [-0.25, -0.2) is 0 Å². The maximum atomic E-state index is 11.6. The van der Waals surface area contributed by atoms with Crippen LogP contribution in [-0.2, 0) is 26.6 Å². The van der Waals surface area contributed by atoms with E-state index in [9.17, 15) is 9.46 Å². The molecule has 25 heavy (non-hydrogen) atoms. The number of rotatable bonds is 16. The summed E-state index contributed by atoms with van der Waals surface area (Å²) in [5.74, 6) is 0. The summed E-state index contributed by atoms with van der Waals surface area (Å²) in [4.78, 5) is 11.6. The number of quaternary nitrogens is 1. The van der Waals surface area contributed by atoms with Gasteiger partial charge in [0.1, 0.15) is 13.2 Å². The minimum Gasteiger partial charge on any atom is -0.756 e. The fourth-order valence-corrected chi connectivity index (χ4v) is 6.02. The summed E-state index contributed by atoms with van der Waals surface area (Å²) in [5.41, 5.74) is 0. The molecule has 12 heteroatoms. The molecule has 1 atom stereocenters. The van der Waals surface area contributed by atoms with Crippen LogP contribution in [0.1, 0.15) is 6.42 Å². The number of hydrogen-bond donors (Lipinski definition) is 1. The van der Waals surface area contributed by atoms with Crippen LogP contribution in [0.15, 0.2) is 0 Å². The predicted octanol–water partition coefficient (Wildman–Crippen LogP) is 0.0895. The molecule has 0 spiro atoms. The van der Waals surface area contributed by atoms with Crippen LogP contribution in [-0.4, -0.2) is 91.3 Å². The minimum atomic E-state index is -4.23. The van der Waals surface area contributed by atoms with Crippen LogP contribution in [0.4, 0.5) is 0 Å². The van der Waals surface area contributed by atoms with Crippen molar-refractivity contribution in [3.8, 4) is 0 Å². The van der Waals surface area contributed by atoms with Crippen molar-refractivity contribution in [2.75, 3.05) is 68.2 Å². The molecule has 0 aliphatic carbocycles. The van der Waals surface area contributed by atoms with Crippen LogP contribution in [0.3, 0.4) is 0 Å². The van der Waals surface area contributed by atoms with E-state index in [2.05, 4.69) is 5.32 Å². The Bertz CT molecular complexity index is 395. The molecule has 0 aliphatic rings. The summed E-state index contributed by atoms with van der Waals surface area (Å²) in [5, 5.41) is 3.12. The second kappa shape index (κ2) is 12.7. The van der Waals surface area contributed by atoms with Crippen LogP contribution in [0.25, 0.3) is 0 Å². The minimum absolute atomic E-state index is 0.0368. The number of likely N-dealkylation sites (N-methyl/N-ethyl adjacent to an activating group) is 1. The first-order chi connectivity index (χ1) is 11.6. The van der Waals surface area contributed by atoms with Crippen molar-refractivity contribution in [2.24, 2.45) is 0 Å². The highest BCUT2D eigenvalue weighted by Crippen LogP contribution is 2.37. The van der Waals surface area contributed by atoms with Crippen LogP contribution in [0.2, 0.25) is 12.6 Å². The monoisotopic (exact) mass is 416 g/mol. The predicted molar refractivity (Wildman–Crippen MR) is 97.2 cm³/mol. The van der Waals surface area contributed by atoms with E-state index in [1.165, 1.54) is 0 Å². The fraction of sp³-hybridized carbons (Fsp3) is 1.00. The lowest BCUT2D eigenvalue weighted by Gasteiger charge is -2.27. The van der Waals surface area contributed by atoms with E-state index in [4.69, 9.17) is 22.0 Å². The zero-order valence-electron chi connectivity index (χ0n) is 16.2. The third-order valence-corrected chi connectivity index (χ3v) is 8.52. The highest BCUT2D eigenvalue weighted by atomic mass is 31.2. The molecular weight excluding hydrogens is 383 g/mol. The van der Waals surface area contributed by atoms with Crippen molar-refractivity contribution in [1.29, 1.82) is 0 Å². The highest BCUT2D eigenvalue weighted by molar-refractivity contribution is 7.45. The van der Waals surface area contributed by atoms with E-state index in [1.807, 2.05) is 27.7 Å². The fourth-order valence-electron chi connectivity index (χ4n) is 1.83. The number of phosphoric ester groups is 1. The average Bonchev–Trinajstić information content (AvgIpc) is 2.51. The van der Waals surface area contributed by atoms with Crippen LogP contribution >= 0.6 is 7.82 Å². The van der Waals surface area contributed by atoms with Crippen LogP contribution < -0.4 is 10.2 Å². The standard InChI is InChI=1S/C13H33N2O7PSi2/c1-15(2,3)10-12-21-23(16,17)20-11-9-14-8-7-13-25(18-4,19-5)22-24-6/h14H,7-13H2,1-6H3. The molecule has 150 valence electrons. The van der Waals surface area contributed by atoms with Gasteiger partial charge in [-0.3, -0.25) is 4.57 Å². The van der Waals surface area contributed by atoms with Crippen molar-refractivity contribution in [3.05, 3.63) is 0 Å². The Hall–Kier alpha value is 0.344. The zero-order chi connectivity index (χ0) is 19.4. The van der Waals surface area contributed by atoms with Crippen LogP contribution in [0, 0.1) is 0 Å². The van der Waals surface area contributed by atoms with Gasteiger partial charge in [-0.15, -0.1) is 0 Å². The molecule has 0 amide bonds. The topological polar surface area (TPSA) is 98.3 Å². The lowest BCUT2D eigenvalue weighted by atomic mass is 10.5. The summed E-state index contributed by atoms with van der Waals surface area (Å²) < 4.78 is 38.3. The second-order valence-electron chi connectivity index (χ2n) is 6.38. The van der Waals surface area contributed by atoms with Gasteiger partial charge in [-0.05, 0) is 19.5 Å². The van der Waals surface area contributed by atoms with E-state index in [0.717, 1.165) is 6.42 Å². The Morgan fingerprint density at radius 2 is 1.72 bits per heavy atom. The molecule has 0 fully saturated rings. The second-order valence-corrected chi connectivity index (χ2v) is 11.7. The largest absolute Gasteiger partial charge is 0.756 e. The van der Waals surface area contributed by atoms with E-state index in [-0.39, 0.29) is 13.2 Å². The summed E-state index contributed by atoms with van der Waals surface area (Å²) in [6.07, 6.45) is 0.799. The molecule has 0 saturated heterocycles. The lowest BCUT2D eigenvalue weighted by molar-refractivity contribution is -0.870. The molecule has 2 radical (unpaired) electrons. The average molecular weight is 417 g/mol. The van der Waals surface area contributed by atoms with Crippen molar-refractivity contribution < 1.29 is 36.0 Å². The van der Waals surface area contributed by atoms with Gasteiger partial charge in [0.25, 0.3) is 7.82 Å². The first kappa shape index (κ1) is 25.3. The normalized spacial score (nSPS) is 15.3. The van der Waals surface area contributed by atoms with Gasteiger partial charge in [0.15, 0.2) is 0 Å². The summed E-state index contributed by atoms with van der Waals surface area (Å²) in [7, 11) is 2.61. The lowest BCUT2D eigenvalue weighted by Crippen LogP contribution is -2.45. The van der Waals surface area contributed by atoms with Gasteiger partial charge in [-0.1, -0.05) is 0 Å². The molecule has 1 N–H and O–H groups in total. The van der Waals surface area contributed by atoms with Crippen molar-refractivity contribution >= 4 is 26.4 Å². The van der Waals surface area contributed by atoms with Crippen molar-refractivity contribution in [3.63, 3.8) is 0 Å². The Balaban J connectivity index is 3.82. The summed E-state index contributed by atoms with van der Waals surface area (Å²) >= 11 is 0. The highest BCUT2D eigenvalue weighted by Gasteiger charge is 2.37. The maximum absolute atomic E-state index is 11.6. The molecule has 0 aromatic carbocycles. The number of hydrogen-bond acceptors (Lipinski definition) is 8.